The summed E-state index contributed by atoms with van der Waals surface area (Å²) in [6, 6.07) is 12.5. The molecule has 1 atom stereocenters. The number of carbonyl (C=O) groups is 1. The number of nitrogens with zero attached hydrogens (tertiary/aromatic N) is 2. The maximum absolute atomic E-state index is 12.5. The summed E-state index contributed by atoms with van der Waals surface area (Å²) >= 11 is 0. The van der Waals surface area contributed by atoms with Gasteiger partial charge in [0.25, 0.3) is 0 Å². The van der Waals surface area contributed by atoms with Crippen molar-refractivity contribution in [1.82, 2.24) is 15.2 Å². The number of likely N-dealkylation sites (tertiary alicyclic amines) is 1. The molecule has 1 aliphatic carbocycles. The van der Waals surface area contributed by atoms with Gasteiger partial charge in [0.15, 0.2) is 0 Å². The van der Waals surface area contributed by atoms with Crippen LogP contribution in [0.4, 0.5) is 0 Å². The minimum Gasteiger partial charge on any atom is -0.493 e. The number of hydrogen-bond acceptors (Lipinski definition) is 4. The number of rotatable bonds is 8. The van der Waals surface area contributed by atoms with Gasteiger partial charge in [-0.1, -0.05) is 37.5 Å². The van der Waals surface area contributed by atoms with Crippen molar-refractivity contribution in [3.8, 4) is 16.9 Å². The summed E-state index contributed by atoms with van der Waals surface area (Å²) in [7, 11) is 2.19. The second kappa shape index (κ2) is 11.6. The first-order chi connectivity index (χ1) is 16.1. The van der Waals surface area contributed by atoms with Crippen LogP contribution in [0.3, 0.4) is 0 Å². The highest BCUT2D eigenvalue weighted by molar-refractivity contribution is 5.78. The van der Waals surface area contributed by atoms with Gasteiger partial charge in [-0.25, -0.2) is 0 Å². The number of amides is 1. The Kier molecular flexibility index (Phi) is 8.38. The molecule has 2 fully saturated rings. The molecule has 0 radical (unpaired) electrons. The van der Waals surface area contributed by atoms with E-state index in [1.54, 1.807) is 0 Å². The van der Waals surface area contributed by atoms with E-state index in [1.807, 2.05) is 24.4 Å². The summed E-state index contributed by atoms with van der Waals surface area (Å²) in [4.78, 5) is 19.4. The lowest BCUT2D eigenvalue weighted by molar-refractivity contribution is -0.121. The molecule has 5 heteroatoms. The van der Waals surface area contributed by atoms with Crippen LogP contribution in [0, 0.1) is 11.8 Å². The van der Waals surface area contributed by atoms with E-state index in [-0.39, 0.29) is 11.9 Å². The average molecular weight is 450 g/mol. The van der Waals surface area contributed by atoms with E-state index >= 15 is 0 Å². The Morgan fingerprint density at radius 2 is 1.73 bits per heavy atom. The van der Waals surface area contributed by atoms with Gasteiger partial charge in [0.2, 0.25) is 5.91 Å². The number of aromatic nitrogens is 1. The Morgan fingerprint density at radius 1 is 1.03 bits per heavy atom. The standard InChI is InChI=1S/C28H39N3O2/c1-21(23-6-4-3-5-7-23)30-28(32)18-26-11-8-25(19-29-26)24-9-12-27(13-10-24)33-20-22-14-16-31(2)17-15-22/h8-13,19,21-23H,3-7,14-18,20H2,1-2H3,(H,30,32)/t21-/m1/s1. The van der Waals surface area contributed by atoms with E-state index in [9.17, 15) is 4.79 Å². The third kappa shape index (κ3) is 7.04. The predicted molar refractivity (Wildman–Crippen MR) is 133 cm³/mol. The molecule has 2 heterocycles. The fourth-order valence-corrected chi connectivity index (χ4v) is 5.11. The third-order valence-corrected chi connectivity index (χ3v) is 7.42. The summed E-state index contributed by atoms with van der Waals surface area (Å²) < 4.78 is 6.03. The minimum atomic E-state index is 0.0689. The van der Waals surface area contributed by atoms with Gasteiger partial charge >= 0.3 is 0 Å². The van der Waals surface area contributed by atoms with Crippen molar-refractivity contribution in [3.63, 3.8) is 0 Å². The smallest absolute Gasteiger partial charge is 0.226 e. The first-order valence-electron chi connectivity index (χ1n) is 12.7. The molecular weight excluding hydrogens is 410 g/mol. The summed E-state index contributed by atoms with van der Waals surface area (Å²) in [5.74, 6) is 2.26. The fraction of sp³-hybridized carbons (Fsp3) is 0.571. The number of carbonyl (C=O) groups excluding carboxylic acids is 1. The first kappa shape index (κ1) is 23.7. The number of hydrogen-bond donors (Lipinski definition) is 1. The van der Waals surface area contributed by atoms with Crippen LogP contribution >= 0.6 is 0 Å². The first-order valence-corrected chi connectivity index (χ1v) is 12.7. The quantitative estimate of drug-likeness (QED) is 0.609. The highest BCUT2D eigenvalue weighted by atomic mass is 16.5. The highest BCUT2D eigenvalue weighted by Crippen LogP contribution is 2.26. The van der Waals surface area contributed by atoms with Crippen molar-refractivity contribution in [2.75, 3.05) is 26.7 Å². The van der Waals surface area contributed by atoms with Crippen molar-refractivity contribution in [2.24, 2.45) is 11.8 Å². The van der Waals surface area contributed by atoms with E-state index in [2.05, 4.69) is 47.4 Å². The topological polar surface area (TPSA) is 54.5 Å². The van der Waals surface area contributed by atoms with Gasteiger partial charge in [-0.05, 0) is 88.3 Å². The van der Waals surface area contributed by atoms with Gasteiger partial charge in [0.1, 0.15) is 5.75 Å². The van der Waals surface area contributed by atoms with Crippen LogP contribution in [0.5, 0.6) is 5.75 Å². The number of benzene rings is 1. The van der Waals surface area contributed by atoms with Crippen molar-refractivity contribution < 1.29 is 9.53 Å². The SMILES string of the molecule is C[C@@H](NC(=O)Cc1ccc(-c2ccc(OCC3CCN(C)CC3)cc2)cn1)C1CCCCC1. The largest absolute Gasteiger partial charge is 0.493 e. The van der Waals surface area contributed by atoms with Crippen LogP contribution in [0.25, 0.3) is 11.1 Å². The van der Waals surface area contributed by atoms with E-state index in [4.69, 9.17) is 4.74 Å². The monoisotopic (exact) mass is 449 g/mol. The average Bonchev–Trinajstić information content (AvgIpc) is 2.85. The van der Waals surface area contributed by atoms with E-state index < -0.39 is 0 Å². The van der Waals surface area contributed by atoms with Gasteiger partial charge in [-0.2, -0.15) is 0 Å². The van der Waals surface area contributed by atoms with E-state index in [0.29, 0.717) is 18.3 Å². The number of nitrogens with one attached hydrogen (secondary N) is 1. The zero-order chi connectivity index (χ0) is 23.0. The van der Waals surface area contributed by atoms with Crippen LogP contribution in [-0.2, 0) is 11.2 Å². The van der Waals surface area contributed by atoms with Crippen molar-refractivity contribution >= 4 is 5.91 Å². The molecule has 1 saturated carbocycles. The molecule has 0 unspecified atom stereocenters. The molecule has 0 spiro atoms. The van der Waals surface area contributed by atoms with Crippen molar-refractivity contribution in [1.29, 1.82) is 0 Å². The Morgan fingerprint density at radius 3 is 2.39 bits per heavy atom. The number of pyridine rings is 1. The molecule has 1 saturated heterocycles. The van der Waals surface area contributed by atoms with Crippen LogP contribution in [0.2, 0.25) is 0 Å². The molecule has 2 aliphatic rings. The molecule has 178 valence electrons. The Balaban J connectivity index is 1.24. The molecule has 1 N–H and O–H groups in total. The molecule has 2 aromatic rings. The summed E-state index contributed by atoms with van der Waals surface area (Å²) in [5, 5.41) is 3.19. The third-order valence-electron chi connectivity index (χ3n) is 7.42. The van der Waals surface area contributed by atoms with Crippen LogP contribution in [-0.4, -0.2) is 48.6 Å². The Hall–Kier alpha value is -2.40. The lowest BCUT2D eigenvalue weighted by Gasteiger charge is -2.28. The highest BCUT2D eigenvalue weighted by Gasteiger charge is 2.21. The normalized spacial score (nSPS) is 19.2. The molecule has 1 aromatic carbocycles. The van der Waals surface area contributed by atoms with E-state index in [0.717, 1.165) is 42.3 Å². The van der Waals surface area contributed by atoms with Crippen molar-refractivity contribution in [3.05, 3.63) is 48.3 Å². The fourth-order valence-electron chi connectivity index (χ4n) is 5.11. The second-order valence-corrected chi connectivity index (χ2v) is 10.1. The van der Waals surface area contributed by atoms with Crippen LogP contribution < -0.4 is 10.1 Å². The van der Waals surface area contributed by atoms with Gasteiger partial charge in [-0.15, -0.1) is 0 Å². The Labute approximate surface area is 198 Å². The summed E-state index contributed by atoms with van der Waals surface area (Å²) in [5.41, 5.74) is 2.97. The second-order valence-electron chi connectivity index (χ2n) is 10.1. The maximum atomic E-state index is 12.5. The lowest BCUT2D eigenvalue weighted by Crippen LogP contribution is -2.39. The molecular formula is C28H39N3O2. The number of ether oxygens (including phenoxy) is 1. The van der Waals surface area contributed by atoms with Gasteiger partial charge in [0, 0.05) is 23.5 Å². The molecule has 33 heavy (non-hydrogen) atoms. The van der Waals surface area contributed by atoms with Crippen LogP contribution in [0.15, 0.2) is 42.6 Å². The molecule has 1 amide bonds. The minimum absolute atomic E-state index is 0.0689. The zero-order valence-corrected chi connectivity index (χ0v) is 20.3. The molecule has 1 aliphatic heterocycles. The molecule has 0 bridgehead atoms. The molecule has 5 nitrogen and oxygen atoms in total. The van der Waals surface area contributed by atoms with E-state index in [1.165, 1.54) is 44.9 Å². The van der Waals surface area contributed by atoms with Gasteiger partial charge in [0.05, 0.1) is 13.0 Å². The zero-order valence-electron chi connectivity index (χ0n) is 20.3. The Bertz CT molecular complexity index is 867. The van der Waals surface area contributed by atoms with Crippen molar-refractivity contribution in [2.45, 2.75) is 64.3 Å². The lowest BCUT2D eigenvalue weighted by atomic mass is 9.84. The maximum Gasteiger partial charge on any atom is 0.226 e. The molecule has 4 rings (SSSR count). The van der Waals surface area contributed by atoms with Crippen LogP contribution in [0.1, 0.15) is 57.6 Å². The summed E-state index contributed by atoms with van der Waals surface area (Å²) in [6.07, 6.45) is 11.0. The van der Waals surface area contributed by atoms with Gasteiger partial charge < -0.3 is 15.0 Å². The summed E-state index contributed by atoms with van der Waals surface area (Å²) in [6.45, 7) is 5.27. The van der Waals surface area contributed by atoms with Gasteiger partial charge in [-0.3, -0.25) is 9.78 Å². The number of piperidine rings is 1. The molecule has 1 aromatic heterocycles. The predicted octanol–water partition coefficient (Wildman–Crippen LogP) is 5.10.